The van der Waals surface area contributed by atoms with Crippen LogP contribution in [-0.4, -0.2) is 67.2 Å². The lowest BCUT2D eigenvalue weighted by molar-refractivity contribution is -0.137. The van der Waals surface area contributed by atoms with E-state index in [0.29, 0.717) is 13.0 Å². The minimum absolute atomic E-state index is 0.191. The van der Waals surface area contributed by atoms with Crippen LogP contribution in [0, 0.1) is 0 Å². The van der Waals surface area contributed by atoms with Crippen molar-refractivity contribution in [2.45, 2.75) is 19.8 Å². The van der Waals surface area contributed by atoms with Gasteiger partial charge in [-0.15, -0.1) is 0 Å². The average molecular weight is 231 g/mol. The van der Waals surface area contributed by atoms with Crippen LogP contribution in [0.3, 0.4) is 0 Å². The lowest BCUT2D eigenvalue weighted by Gasteiger charge is -2.31. The molecule has 0 aromatic carbocycles. The topological polar surface area (TPSA) is 69.8 Å². The first-order valence-electron chi connectivity index (χ1n) is 5.92. The molecule has 0 aromatic rings. The molecule has 0 bridgehead atoms. The van der Waals surface area contributed by atoms with Gasteiger partial charge in [0.1, 0.15) is 0 Å². The number of hydrogen-bond donors (Lipinski definition) is 2. The second-order valence-electron chi connectivity index (χ2n) is 4.02. The van der Waals surface area contributed by atoms with Crippen LogP contribution in [-0.2, 0) is 4.79 Å². The van der Waals surface area contributed by atoms with E-state index < -0.39 is 5.97 Å². The smallest absolute Gasteiger partial charge is 0.303 e. The number of likely N-dealkylation sites (N-methyl/N-ethyl adjacent to an activating group) is 2. The first kappa shape index (κ1) is 15.3. The van der Waals surface area contributed by atoms with Gasteiger partial charge in [-0.2, -0.15) is 0 Å². The molecule has 96 valence electrons. The van der Waals surface area contributed by atoms with E-state index in [9.17, 15) is 4.79 Å². The fourth-order valence-corrected chi connectivity index (χ4v) is 1.42. The molecule has 1 fully saturated rings. The number of nitrogens with zero attached hydrogens (tertiary/aromatic N) is 2. The van der Waals surface area contributed by atoms with E-state index in [1.165, 1.54) is 32.7 Å². The van der Waals surface area contributed by atoms with Crippen LogP contribution >= 0.6 is 0 Å². The monoisotopic (exact) mass is 231 g/mol. The van der Waals surface area contributed by atoms with Gasteiger partial charge in [0, 0.05) is 32.6 Å². The zero-order valence-electron chi connectivity index (χ0n) is 10.5. The molecule has 0 aromatic heterocycles. The summed E-state index contributed by atoms with van der Waals surface area (Å²) in [6.07, 6.45) is 0.770. The summed E-state index contributed by atoms with van der Waals surface area (Å²) in [7, 11) is 2.19. The summed E-state index contributed by atoms with van der Waals surface area (Å²) >= 11 is 0. The van der Waals surface area contributed by atoms with E-state index in [-0.39, 0.29) is 6.42 Å². The zero-order chi connectivity index (χ0) is 12.4. The number of hydrogen-bond acceptors (Lipinski definition) is 4. The highest BCUT2D eigenvalue weighted by atomic mass is 16.4. The van der Waals surface area contributed by atoms with E-state index in [4.69, 9.17) is 10.8 Å². The third kappa shape index (κ3) is 8.64. The maximum absolute atomic E-state index is 9.70. The van der Waals surface area contributed by atoms with Crippen molar-refractivity contribution >= 4 is 5.97 Å². The molecule has 5 heteroatoms. The van der Waals surface area contributed by atoms with Crippen molar-refractivity contribution in [1.29, 1.82) is 0 Å². The molecule has 1 rings (SSSR count). The van der Waals surface area contributed by atoms with E-state index in [1.54, 1.807) is 0 Å². The van der Waals surface area contributed by atoms with Gasteiger partial charge in [0.05, 0.1) is 0 Å². The first-order valence-corrected chi connectivity index (χ1v) is 5.92. The number of carboxylic acids is 1. The Bertz CT molecular complexity index is 180. The van der Waals surface area contributed by atoms with Gasteiger partial charge in [0.25, 0.3) is 0 Å². The van der Waals surface area contributed by atoms with Gasteiger partial charge in [-0.05, 0) is 26.6 Å². The van der Waals surface area contributed by atoms with Crippen molar-refractivity contribution in [2.75, 3.05) is 46.3 Å². The molecule has 0 spiro atoms. The number of carbonyl (C=O) groups is 1. The van der Waals surface area contributed by atoms with E-state index in [2.05, 4.69) is 23.8 Å². The third-order valence-corrected chi connectivity index (χ3v) is 2.64. The van der Waals surface area contributed by atoms with Gasteiger partial charge < -0.3 is 20.6 Å². The van der Waals surface area contributed by atoms with Crippen molar-refractivity contribution in [2.24, 2.45) is 5.73 Å². The van der Waals surface area contributed by atoms with Gasteiger partial charge in [-0.25, -0.2) is 0 Å². The highest BCUT2D eigenvalue weighted by molar-refractivity contribution is 5.66. The summed E-state index contributed by atoms with van der Waals surface area (Å²) in [6, 6.07) is 0. The van der Waals surface area contributed by atoms with Crippen LogP contribution in [0.5, 0.6) is 0 Å². The van der Waals surface area contributed by atoms with Crippen LogP contribution in [0.1, 0.15) is 19.8 Å². The number of aliphatic carboxylic acids is 1. The maximum Gasteiger partial charge on any atom is 0.303 e. The largest absolute Gasteiger partial charge is 0.481 e. The lowest BCUT2D eigenvalue weighted by atomic mass is 10.3. The van der Waals surface area contributed by atoms with Crippen LogP contribution in [0.4, 0.5) is 0 Å². The standard InChI is InChI=1S/C7H16N2.C4H9NO2/c1-3-9-6-4-8(2)5-7-9;5-3-1-2-4(6)7/h3-7H2,1-2H3;1-3,5H2,(H,6,7). The van der Waals surface area contributed by atoms with E-state index >= 15 is 0 Å². The second-order valence-corrected chi connectivity index (χ2v) is 4.02. The molecule has 0 amide bonds. The summed E-state index contributed by atoms with van der Waals surface area (Å²) < 4.78 is 0. The van der Waals surface area contributed by atoms with Crippen molar-refractivity contribution in [1.82, 2.24) is 9.80 Å². The Morgan fingerprint density at radius 1 is 1.31 bits per heavy atom. The molecule has 1 heterocycles. The number of nitrogens with two attached hydrogens (primary N) is 1. The van der Waals surface area contributed by atoms with Crippen molar-refractivity contribution < 1.29 is 9.90 Å². The number of rotatable bonds is 4. The molecule has 16 heavy (non-hydrogen) atoms. The Balaban J connectivity index is 0.000000293. The predicted molar refractivity (Wildman–Crippen MR) is 65.5 cm³/mol. The number of piperazine rings is 1. The lowest BCUT2D eigenvalue weighted by Crippen LogP contribution is -2.44. The fraction of sp³-hybridized carbons (Fsp3) is 0.909. The first-order chi connectivity index (χ1) is 7.60. The quantitative estimate of drug-likeness (QED) is 0.716. The molecule has 1 aliphatic heterocycles. The van der Waals surface area contributed by atoms with E-state index in [1.807, 2.05) is 0 Å². The molecule has 0 unspecified atom stereocenters. The Morgan fingerprint density at radius 2 is 1.88 bits per heavy atom. The number of carboxylic acid groups (broad SMARTS) is 1. The maximum atomic E-state index is 9.70. The molecule has 0 aliphatic carbocycles. The van der Waals surface area contributed by atoms with Crippen molar-refractivity contribution in [3.05, 3.63) is 0 Å². The second kappa shape index (κ2) is 9.57. The SMILES string of the molecule is CCN1CCN(C)CC1.NCCCC(=O)O. The van der Waals surface area contributed by atoms with Gasteiger partial charge in [-0.3, -0.25) is 4.79 Å². The molecule has 3 N–H and O–H groups in total. The van der Waals surface area contributed by atoms with Gasteiger partial charge >= 0.3 is 5.97 Å². The normalized spacial score (nSPS) is 17.7. The molecular weight excluding hydrogens is 206 g/mol. The third-order valence-electron chi connectivity index (χ3n) is 2.64. The summed E-state index contributed by atoms with van der Waals surface area (Å²) in [6.45, 7) is 8.91. The minimum Gasteiger partial charge on any atom is -0.481 e. The fourth-order valence-electron chi connectivity index (χ4n) is 1.42. The summed E-state index contributed by atoms with van der Waals surface area (Å²) in [5.74, 6) is -0.773. The van der Waals surface area contributed by atoms with Crippen molar-refractivity contribution in [3.63, 3.8) is 0 Å². The summed E-state index contributed by atoms with van der Waals surface area (Å²) in [5.41, 5.74) is 5.01. The summed E-state index contributed by atoms with van der Waals surface area (Å²) in [5, 5.41) is 7.99. The minimum atomic E-state index is -0.773. The highest BCUT2D eigenvalue weighted by Crippen LogP contribution is 1.96. The molecule has 0 saturated carbocycles. The molecule has 1 saturated heterocycles. The zero-order valence-corrected chi connectivity index (χ0v) is 10.5. The van der Waals surface area contributed by atoms with Gasteiger partial charge in [0.2, 0.25) is 0 Å². The summed E-state index contributed by atoms with van der Waals surface area (Å²) in [4.78, 5) is 14.6. The van der Waals surface area contributed by atoms with Crippen molar-refractivity contribution in [3.8, 4) is 0 Å². The van der Waals surface area contributed by atoms with Gasteiger partial charge in [0.15, 0.2) is 0 Å². The van der Waals surface area contributed by atoms with Crippen LogP contribution in [0.15, 0.2) is 0 Å². The molecule has 0 atom stereocenters. The Hall–Kier alpha value is -0.650. The Kier molecular flexibility index (Phi) is 9.18. The highest BCUT2D eigenvalue weighted by Gasteiger charge is 2.10. The van der Waals surface area contributed by atoms with Gasteiger partial charge in [-0.1, -0.05) is 6.92 Å². The molecule has 1 aliphatic rings. The molecule has 5 nitrogen and oxygen atoms in total. The van der Waals surface area contributed by atoms with Crippen LogP contribution in [0.25, 0.3) is 0 Å². The molecule has 0 radical (unpaired) electrons. The Morgan fingerprint density at radius 3 is 2.19 bits per heavy atom. The van der Waals surface area contributed by atoms with Crippen LogP contribution in [0.2, 0.25) is 0 Å². The van der Waals surface area contributed by atoms with E-state index in [0.717, 1.165) is 0 Å². The average Bonchev–Trinajstić information content (AvgIpc) is 2.28. The predicted octanol–water partition coefficient (Wildman–Crippen LogP) is 0.0636. The molecular formula is C11H25N3O2. The van der Waals surface area contributed by atoms with Crippen LogP contribution < -0.4 is 5.73 Å². The Labute approximate surface area is 98.2 Å².